The number of amides is 2. The summed E-state index contributed by atoms with van der Waals surface area (Å²) in [5.41, 5.74) is 3.84. The second-order valence-corrected chi connectivity index (χ2v) is 11.7. The van der Waals surface area contributed by atoms with Crippen molar-refractivity contribution in [2.24, 2.45) is 0 Å². The van der Waals surface area contributed by atoms with Crippen LogP contribution in [0.5, 0.6) is 5.75 Å². The van der Waals surface area contributed by atoms with E-state index in [1.807, 2.05) is 52.8 Å². The smallest absolute Gasteiger partial charge is 0.264 e. The molecule has 0 heterocycles. The van der Waals surface area contributed by atoms with Crippen LogP contribution >= 0.6 is 0 Å². The summed E-state index contributed by atoms with van der Waals surface area (Å²) in [7, 11) is -2.54. The Balaban J connectivity index is 2.08. The third-order valence-electron chi connectivity index (χ3n) is 6.63. The zero-order chi connectivity index (χ0) is 29.4. The van der Waals surface area contributed by atoms with E-state index in [4.69, 9.17) is 4.74 Å². The molecule has 3 rings (SSSR count). The van der Waals surface area contributed by atoms with Crippen molar-refractivity contribution in [3.8, 4) is 5.75 Å². The van der Waals surface area contributed by atoms with Crippen LogP contribution in [0.25, 0.3) is 0 Å². The lowest BCUT2D eigenvalue weighted by Gasteiger charge is -2.33. The molecule has 0 saturated carbocycles. The molecule has 0 aliphatic heterocycles. The van der Waals surface area contributed by atoms with Crippen LogP contribution in [0, 0.1) is 20.8 Å². The minimum atomic E-state index is -4.11. The number of rotatable bonds is 12. The molecule has 3 aromatic carbocycles. The summed E-state index contributed by atoms with van der Waals surface area (Å²) in [5.74, 6) is -0.0995. The SMILES string of the molecule is CCNC(=O)[C@@H](CC)N(Cc1ccc(OC)cc1)C(=O)CN(c1cc(C)cc(C)c1)S(=O)(=O)c1ccc(C)cc1. The number of hydrogen-bond acceptors (Lipinski definition) is 5. The van der Waals surface area contributed by atoms with Gasteiger partial charge in [0.2, 0.25) is 11.8 Å². The van der Waals surface area contributed by atoms with Gasteiger partial charge in [0.1, 0.15) is 18.3 Å². The van der Waals surface area contributed by atoms with E-state index < -0.39 is 28.5 Å². The van der Waals surface area contributed by atoms with Crippen molar-refractivity contribution in [2.45, 2.75) is 58.5 Å². The van der Waals surface area contributed by atoms with E-state index >= 15 is 0 Å². The Labute approximate surface area is 238 Å². The van der Waals surface area contributed by atoms with Crippen molar-refractivity contribution < 1.29 is 22.7 Å². The second-order valence-electron chi connectivity index (χ2n) is 9.86. The Morgan fingerprint density at radius 3 is 2.00 bits per heavy atom. The quantitative estimate of drug-likeness (QED) is 0.342. The minimum Gasteiger partial charge on any atom is -0.497 e. The molecular weight excluding hydrogens is 526 g/mol. The molecule has 3 aromatic rings. The molecule has 2 amide bonds. The van der Waals surface area contributed by atoms with Gasteiger partial charge in [-0.25, -0.2) is 8.42 Å². The van der Waals surface area contributed by atoms with Crippen LogP contribution in [0.1, 0.15) is 42.5 Å². The molecule has 1 atom stereocenters. The highest BCUT2D eigenvalue weighted by Gasteiger charge is 2.33. The second kappa shape index (κ2) is 13.5. The monoisotopic (exact) mass is 565 g/mol. The summed E-state index contributed by atoms with van der Waals surface area (Å²) in [4.78, 5) is 28.7. The molecule has 9 heteroatoms. The molecule has 0 aliphatic carbocycles. The highest BCUT2D eigenvalue weighted by atomic mass is 32.2. The van der Waals surface area contributed by atoms with Crippen molar-refractivity contribution in [1.29, 1.82) is 0 Å². The van der Waals surface area contributed by atoms with Crippen LogP contribution in [-0.4, -0.2) is 51.4 Å². The number of benzene rings is 3. The zero-order valence-electron chi connectivity index (χ0n) is 24.1. The Kier molecular flexibility index (Phi) is 10.3. The molecule has 0 radical (unpaired) electrons. The van der Waals surface area contributed by atoms with Gasteiger partial charge in [-0.2, -0.15) is 0 Å². The average Bonchev–Trinajstić information content (AvgIpc) is 2.91. The number of ether oxygens (including phenoxy) is 1. The molecule has 0 saturated heterocycles. The van der Waals surface area contributed by atoms with Crippen LogP contribution in [0.4, 0.5) is 5.69 Å². The predicted molar refractivity (Wildman–Crippen MR) is 158 cm³/mol. The summed E-state index contributed by atoms with van der Waals surface area (Å²) >= 11 is 0. The molecule has 0 aliphatic rings. The van der Waals surface area contributed by atoms with Gasteiger partial charge in [-0.15, -0.1) is 0 Å². The van der Waals surface area contributed by atoms with E-state index in [1.165, 1.54) is 4.90 Å². The summed E-state index contributed by atoms with van der Waals surface area (Å²) in [6, 6.07) is 18.4. The first-order valence-corrected chi connectivity index (χ1v) is 14.8. The summed E-state index contributed by atoms with van der Waals surface area (Å²) in [5, 5.41) is 2.81. The van der Waals surface area contributed by atoms with Gasteiger partial charge >= 0.3 is 0 Å². The number of carbonyl (C=O) groups is 2. The van der Waals surface area contributed by atoms with Gasteiger partial charge in [0.15, 0.2) is 0 Å². The molecule has 40 heavy (non-hydrogen) atoms. The van der Waals surface area contributed by atoms with Crippen LogP contribution in [-0.2, 0) is 26.2 Å². The molecule has 0 bridgehead atoms. The first-order chi connectivity index (χ1) is 19.0. The molecular formula is C31H39N3O5S. The molecule has 8 nitrogen and oxygen atoms in total. The van der Waals surface area contributed by atoms with Crippen LogP contribution < -0.4 is 14.4 Å². The first kappa shape index (κ1) is 30.7. The average molecular weight is 566 g/mol. The fourth-order valence-electron chi connectivity index (χ4n) is 4.60. The van der Waals surface area contributed by atoms with Crippen LogP contribution in [0.15, 0.2) is 71.6 Å². The maximum Gasteiger partial charge on any atom is 0.264 e. The standard InChI is InChI=1S/C31H39N3O5S/c1-7-29(31(36)32-8-2)33(20-25-11-13-27(39-6)14-12-25)30(35)21-34(26-18-23(4)17-24(5)19-26)40(37,38)28-15-9-22(3)10-16-28/h9-19,29H,7-8,20-21H2,1-6H3,(H,32,36)/t29-/m1/s1. The molecule has 1 N–H and O–H groups in total. The van der Waals surface area contributed by atoms with Crippen molar-refractivity contribution in [3.63, 3.8) is 0 Å². The third-order valence-corrected chi connectivity index (χ3v) is 8.42. The topological polar surface area (TPSA) is 96.0 Å². The summed E-state index contributed by atoms with van der Waals surface area (Å²) < 4.78 is 34.4. The molecule has 0 unspecified atom stereocenters. The lowest BCUT2D eigenvalue weighted by atomic mass is 10.1. The summed E-state index contributed by atoms with van der Waals surface area (Å²) in [6.07, 6.45) is 0.363. The fourth-order valence-corrected chi connectivity index (χ4v) is 6.00. The highest BCUT2D eigenvalue weighted by Crippen LogP contribution is 2.27. The Hall–Kier alpha value is -3.85. The van der Waals surface area contributed by atoms with Gasteiger partial charge in [-0.05, 0) is 87.2 Å². The number of nitrogens with zero attached hydrogens (tertiary/aromatic N) is 2. The Bertz CT molecular complexity index is 1400. The van der Waals surface area contributed by atoms with Crippen molar-refractivity contribution in [3.05, 3.63) is 89.0 Å². The van der Waals surface area contributed by atoms with Gasteiger partial charge in [0.25, 0.3) is 10.0 Å². The van der Waals surface area contributed by atoms with E-state index in [1.54, 1.807) is 55.6 Å². The number of nitrogens with one attached hydrogen (secondary N) is 1. The van der Waals surface area contributed by atoms with Gasteiger partial charge in [0.05, 0.1) is 17.7 Å². The lowest BCUT2D eigenvalue weighted by Crippen LogP contribution is -2.52. The van der Waals surface area contributed by atoms with E-state index in [-0.39, 0.29) is 17.3 Å². The normalized spacial score (nSPS) is 11.9. The van der Waals surface area contributed by atoms with E-state index in [0.29, 0.717) is 24.4 Å². The maximum atomic E-state index is 14.1. The number of carbonyl (C=O) groups excluding carboxylic acids is 2. The molecule has 0 fully saturated rings. The lowest BCUT2D eigenvalue weighted by molar-refractivity contribution is -0.140. The minimum absolute atomic E-state index is 0.0857. The fraction of sp³-hybridized carbons (Fsp3) is 0.355. The number of anilines is 1. The highest BCUT2D eigenvalue weighted by molar-refractivity contribution is 7.92. The molecule has 0 spiro atoms. The number of likely N-dealkylation sites (N-methyl/N-ethyl adjacent to an activating group) is 1. The van der Waals surface area contributed by atoms with Gasteiger partial charge < -0.3 is 15.0 Å². The van der Waals surface area contributed by atoms with Crippen molar-refractivity contribution in [2.75, 3.05) is 24.5 Å². The van der Waals surface area contributed by atoms with E-state index in [9.17, 15) is 18.0 Å². The largest absolute Gasteiger partial charge is 0.497 e. The van der Waals surface area contributed by atoms with E-state index in [2.05, 4.69) is 5.32 Å². The number of methoxy groups -OCH3 is 1. The zero-order valence-corrected chi connectivity index (χ0v) is 24.9. The van der Waals surface area contributed by atoms with Gasteiger partial charge in [-0.1, -0.05) is 42.8 Å². The first-order valence-electron chi connectivity index (χ1n) is 13.4. The predicted octanol–water partition coefficient (Wildman–Crippen LogP) is 4.76. The third kappa shape index (κ3) is 7.41. The number of aryl methyl sites for hydroxylation is 3. The number of hydrogen-bond donors (Lipinski definition) is 1. The van der Waals surface area contributed by atoms with Crippen LogP contribution in [0.3, 0.4) is 0 Å². The van der Waals surface area contributed by atoms with Gasteiger partial charge in [0, 0.05) is 13.1 Å². The Morgan fingerprint density at radius 1 is 0.875 bits per heavy atom. The Morgan fingerprint density at radius 2 is 1.48 bits per heavy atom. The van der Waals surface area contributed by atoms with Gasteiger partial charge in [-0.3, -0.25) is 13.9 Å². The van der Waals surface area contributed by atoms with E-state index in [0.717, 1.165) is 26.6 Å². The maximum absolute atomic E-state index is 14.1. The van der Waals surface area contributed by atoms with Crippen molar-refractivity contribution >= 4 is 27.5 Å². The molecule has 214 valence electrons. The van der Waals surface area contributed by atoms with Crippen molar-refractivity contribution in [1.82, 2.24) is 10.2 Å². The molecule has 0 aromatic heterocycles. The number of sulfonamides is 1. The van der Waals surface area contributed by atoms with Crippen LogP contribution in [0.2, 0.25) is 0 Å². The summed E-state index contributed by atoms with van der Waals surface area (Å²) in [6.45, 7) is 9.37.